The largest absolute Gasteiger partial charge is 0.464 e. The summed E-state index contributed by atoms with van der Waals surface area (Å²) in [7, 11) is 0. The Balaban J connectivity index is 1.91. The lowest BCUT2D eigenvalue weighted by Crippen LogP contribution is -2.21. The van der Waals surface area contributed by atoms with Gasteiger partial charge >= 0.3 is 5.97 Å². The van der Waals surface area contributed by atoms with Gasteiger partial charge in [0.15, 0.2) is 6.04 Å². The van der Waals surface area contributed by atoms with Gasteiger partial charge in [-0.05, 0) is 19.3 Å². The molecule has 2 rings (SSSR count). The maximum atomic E-state index is 11.4. The Morgan fingerprint density at radius 3 is 3.00 bits per heavy atom. The highest BCUT2D eigenvalue weighted by Gasteiger charge is 2.41. The van der Waals surface area contributed by atoms with E-state index in [1.54, 1.807) is 11.8 Å². The second kappa shape index (κ2) is 3.93. The van der Waals surface area contributed by atoms with E-state index >= 15 is 0 Å². The number of ether oxygens (including phenoxy) is 1. The first-order valence-electron chi connectivity index (χ1n) is 5.09. The Morgan fingerprint density at radius 2 is 2.43 bits per heavy atom. The van der Waals surface area contributed by atoms with E-state index in [0.717, 1.165) is 11.7 Å². The van der Waals surface area contributed by atoms with Crippen molar-refractivity contribution in [1.82, 2.24) is 0 Å². The van der Waals surface area contributed by atoms with Crippen LogP contribution in [0.5, 0.6) is 0 Å². The zero-order chi connectivity index (χ0) is 10.1. The summed E-state index contributed by atoms with van der Waals surface area (Å²) in [6.07, 6.45) is 1.24. The van der Waals surface area contributed by atoms with Crippen molar-refractivity contribution < 1.29 is 9.53 Å². The molecule has 1 saturated carbocycles. The Morgan fingerprint density at radius 1 is 1.71 bits per heavy atom. The molecule has 4 heteroatoms. The molecule has 1 aliphatic heterocycles. The minimum Gasteiger partial charge on any atom is -0.464 e. The maximum absolute atomic E-state index is 11.4. The zero-order valence-electron chi connectivity index (χ0n) is 8.53. The normalized spacial score (nSPS) is 35.3. The molecule has 14 heavy (non-hydrogen) atoms. The number of carbonyl (C=O) groups excluding carboxylic acids is 1. The third-order valence-corrected chi connectivity index (χ3v) is 3.84. The number of aliphatic imine (C=N–C) groups is 1. The predicted molar refractivity (Wildman–Crippen MR) is 57.6 cm³/mol. The van der Waals surface area contributed by atoms with Gasteiger partial charge in [0.25, 0.3) is 0 Å². The molecule has 2 aliphatic rings. The van der Waals surface area contributed by atoms with Crippen molar-refractivity contribution in [2.24, 2.45) is 16.8 Å². The summed E-state index contributed by atoms with van der Waals surface area (Å²) in [5.74, 6) is 2.02. The number of carbonyl (C=O) groups is 1. The molecule has 0 aromatic heterocycles. The van der Waals surface area contributed by atoms with Crippen molar-refractivity contribution in [3.05, 3.63) is 0 Å². The van der Waals surface area contributed by atoms with E-state index in [1.165, 1.54) is 11.5 Å². The van der Waals surface area contributed by atoms with Gasteiger partial charge in [-0.25, -0.2) is 4.79 Å². The summed E-state index contributed by atoms with van der Waals surface area (Å²) < 4.78 is 4.94. The van der Waals surface area contributed by atoms with Crippen molar-refractivity contribution >= 4 is 22.8 Å². The second-order valence-electron chi connectivity index (χ2n) is 3.87. The van der Waals surface area contributed by atoms with Gasteiger partial charge in [0.05, 0.1) is 11.7 Å². The summed E-state index contributed by atoms with van der Waals surface area (Å²) in [4.78, 5) is 15.8. The Bertz CT molecular complexity index is 277. The minimum atomic E-state index is -0.234. The van der Waals surface area contributed by atoms with E-state index in [-0.39, 0.29) is 12.0 Å². The fraction of sp³-hybridized carbons (Fsp3) is 0.800. The third-order valence-electron chi connectivity index (χ3n) is 2.66. The van der Waals surface area contributed by atoms with E-state index in [1.807, 2.05) is 6.92 Å². The van der Waals surface area contributed by atoms with Crippen molar-refractivity contribution in [1.29, 1.82) is 0 Å². The molecular weight excluding hydrogens is 198 g/mol. The van der Waals surface area contributed by atoms with Gasteiger partial charge < -0.3 is 4.74 Å². The van der Waals surface area contributed by atoms with Crippen LogP contribution in [-0.2, 0) is 9.53 Å². The highest BCUT2D eigenvalue weighted by Crippen LogP contribution is 2.44. The van der Waals surface area contributed by atoms with Crippen LogP contribution >= 0.6 is 11.8 Å². The van der Waals surface area contributed by atoms with E-state index < -0.39 is 0 Å². The number of hydrogen-bond donors (Lipinski definition) is 0. The van der Waals surface area contributed by atoms with Gasteiger partial charge in [-0.1, -0.05) is 6.92 Å². The van der Waals surface area contributed by atoms with Crippen LogP contribution in [0.3, 0.4) is 0 Å². The molecule has 0 aromatic rings. The van der Waals surface area contributed by atoms with Crippen LogP contribution in [0.25, 0.3) is 0 Å². The molecule has 1 heterocycles. The van der Waals surface area contributed by atoms with Crippen LogP contribution in [0.4, 0.5) is 0 Å². The number of hydrogen-bond acceptors (Lipinski definition) is 4. The lowest BCUT2D eigenvalue weighted by molar-refractivity contribution is -0.143. The lowest BCUT2D eigenvalue weighted by Gasteiger charge is -2.03. The molecule has 0 unspecified atom stereocenters. The van der Waals surface area contributed by atoms with Crippen LogP contribution in [0.1, 0.15) is 20.3 Å². The van der Waals surface area contributed by atoms with Crippen LogP contribution in [0.15, 0.2) is 4.99 Å². The fourth-order valence-corrected chi connectivity index (χ4v) is 2.90. The molecule has 3 atom stereocenters. The summed E-state index contributed by atoms with van der Waals surface area (Å²) in [5, 5.41) is 1.18. The molecule has 1 fully saturated rings. The molecule has 0 N–H and O–H groups in total. The van der Waals surface area contributed by atoms with Crippen LogP contribution in [0.2, 0.25) is 0 Å². The quantitative estimate of drug-likeness (QED) is 0.670. The van der Waals surface area contributed by atoms with E-state index in [2.05, 4.69) is 11.9 Å². The molecule has 0 radical (unpaired) electrons. The smallest absolute Gasteiger partial charge is 0.331 e. The van der Waals surface area contributed by atoms with Gasteiger partial charge in [0, 0.05) is 11.7 Å². The topological polar surface area (TPSA) is 38.7 Å². The van der Waals surface area contributed by atoms with Crippen LogP contribution in [0, 0.1) is 11.8 Å². The molecule has 1 aliphatic carbocycles. The Labute approximate surface area is 88.3 Å². The number of rotatable bonds is 3. The molecule has 78 valence electrons. The SMILES string of the molecule is CCOC(=O)[C@@H]1CSC([C@@H]2C[C@@H]2C)=N1. The monoisotopic (exact) mass is 213 g/mol. The van der Waals surface area contributed by atoms with Gasteiger partial charge in [0.1, 0.15) is 0 Å². The number of nitrogens with zero attached hydrogens (tertiary/aromatic N) is 1. The minimum absolute atomic E-state index is 0.164. The molecule has 0 bridgehead atoms. The van der Waals surface area contributed by atoms with Crippen molar-refractivity contribution in [2.45, 2.75) is 26.3 Å². The van der Waals surface area contributed by atoms with Gasteiger partial charge in [-0.15, -0.1) is 11.8 Å². The first-order valence-corrected chi connectivity index (χ1v) is 6.08. The first kappa shape index (κ1) is 10.0. The fourth-order valence-electron chi connectivity index (χ4n) is 1.62. The highest BCUT2D eigenvalue weighted by atomic mass is 32.2. The zero-order valence-corrected chi connectivity index (χ0v) is 9.34. The molecule has 0 saturated heterocycles. The van der Waals surface area contributed by atoms with Crippen molar-refractivity contribution in [2.75, 3.05) is 12.4 Å². The molecular formula is C10H15NO2S. The maximum Gasteiger partial charge on any atom is 0.331 e. The van der Waals surface area contributed by atoms with Gasteiger partial charge in [0.2, 0.25) is 0 Å². The van der Waals surface area contributed by atoms with Gasteiger partial charge in [-0.2, -0.15) is 0 Å². The van der Waals surface area contributed by atoms with Crippen molar-refractivity contribution in [3.8, 4) is 0 Å². The van der Waals surface area contributed by atoms with Crippen molar-refractivity contribution in [3.63, 3.8) is 0 Å². The molecule has 3 nitrogen and oxygen atoms in total. The van der Waals surface area contributed by atoms with Crippen LogP contribution in [-0.4, -0.2) is 29.4 Å². The summed E-state index contributed by atoms with van der Waals surface area (Å²) >= 11 is 1.73. The van der Waals surface area contributed by atoms with Gasteiger partial charge in [-0.3, -0.25) is 4.99 Å². The first-order chi connectivity index (χ1) is 6.72. The van der Waals surface area contributed by atoms with E-state index in [0.29, 0.717) is 12.5 Å². The third kappa shape index (κ3) is 1.95. The number of esters is 1. The van der Waals surface area contributed by atoms with E-state index in [9.17, 15) is 4.79 Å². The second-order valence-corrected chi connectivity index (χ2v) is 4.91. The highest BCUT2D eigenvalue weighted by molar-refractivity contribution is 8.14. The lowest BCUT2D eigenvalue weighted by atomic mass is 10.3. The average molecular weight is 213 g/mol. The number of thioether (sulfide) groups is 1. The molecule has 0 amide bonds. The Kier molecular flexibility index (Phi) is 2.81. The average Bonchev–Trinajstić information content (AvgIpc) is 2.70. The Hall–Kier alpha value is -0.510. The summed E-state index contributed by atoms with van der Waals surface area (Å²) in [6.45, 7) is 4.50. The van der Waals surface area contributed by atoms with Crippen LogP contribution < -0.4 is 0 Å². The molecule has 0 aromatic carbocycles. The molecule has 0 spiro atoms. The summed E-state index contributed by atoms with van der Waals surface area (Å²) in [5.41, 5.74) is 0. The summed E-state index contributed by atoms with van der Waals surface area (Å²) in [6, 6.07) is -0.234. The van der Waals surface area contributed by atoms with E-state index in [4.69, 9.17) is 4.74 Å². The standard InChI is InChI=1S/C10H15NO2S/c1-3-13-10(12)8-5-14-9(11-8)7-4-6(7)2/h6-8H,3-5H2,1-2H3/t6-,7+,8-/m0/s1. The predicted octanol–water partition coefficient (Wildman–Crippen LogP) is 1.72.